The Morgan fingerprint density at radius 1 is 0.588 bits per heavy atom. The minimum Gasteiger partial charge on any atom is -0.464 e. The fourth-order valence-electron chi connectivity index (χ4n) is 4.64. The lowest BCUT2D eigenvalue weighted by Crippen LogP contribution is -1.99. The van der Waals surface area contributed by atoms with E-state index in [0.29, 0.717) is 0 Å². The maximum Gasteiger partial charge on any atom is 0.134 e. The van der Waals surface area contributed by atoms with Gasteiger partial charge < -0.3 is 8.98 Å². The number of hydrogen-bond acceptors (Lipinski definition) is 4. The van der Waals surface area contributed by atoms with Crippen molar-refractivity contribution in [1.82, 2.24) is 19.5 Å². The van der Waals surface area contributed by atoms with Crippen molar-refractivity contribution in [2.24, 2.45) is 0 Å². The fraction of sp³-hybridized carbons (Fsp3) is 0. The van der Waals surface area contributed by atoms with Crippen LogP contribution in [0.1, 0.15) is 0 Å². The van der Waals surface area contributed by atoms with Crippen molar-refractivity contribution in [3.63, 3.8) is 0 Å². The van der Waals surface area contributed by atoms with Gasteiger partial charge >= 0.3 is 0 Å². The third-order valence-electron chi connectivity index (χ3n) is 6.17. The first kappa shape index (κ1) is 18.8. The van der Waals surface area contributed by atoms with E-state index in [1.165, 1.54) is 5.39 Å². The molecule has 0 saturated carbocycles. The molecule has 0 fully saturated rings. The number of nitrogens with zero attached hydrogens (tertiary/aromatic N) is 4. The van der Waals surface area contributed by atoms with Gasteiger partial charge in [0.1, 0.15) is 5.58 Å². The SMILES string of the molecule is c1ccc(-c2cc(-n3c4ccccc4c4cc5occc5cc43)cc(-c3ccccn3)n2)nc1. The van der Waals surface area contributed by atoms with Crippen LogP contribution < -0.4 is 0 Å². The van der Waals surface area contributed by atoms with Gasteiger partial charge in [0, 0.05) is 28.6 Å². The van der Waals surface area contributed by atoms with E-state index in [1.54, 1.807) is 18.7 Å². The van der Waals surface area contributed by atoms with E-state index in [2.05, 4.69) is 63.1 Å². The average Bonchev–Trinajstić information content (AvgIpc) is 3.50. The van der Waals surface area contributed by atoms with E-state index in [9.17, 15) is 0 Å². The molecule has 0 amide bonds. The minimum atomic E-state index is 0.800. The number of para-hydroxylation sites is 1. The normalized spacial score (nSPS) is 11.5. The monoisotopic (exact) mass is 438 g/mol. The lowest BCUT2D eigenvalue weighted by atomic mass is 10.1. The largest absolute Gasteiger partial charge is 0.464 e. The van der Waals surface area contributed by atoms with Crippen molar-refractivity contribution < 1.29 is 4.42 Å². The van der Waals surface area contributed by atoms with Crippen LogP contribution in [0.4, 0.5) is 0 Å². The van der Waals surface area contributed by atoms with Crippen LogP contribution >= 0.6 is 0 Å². The Balaban J connectivity index is 1.59. The maximum absolute atomic E-state index is 5.71. The Bertz CT molecular complexity index is 1740. The first-order valence-corrected chi connectivity index (χ1v) is 11.1. The maximum atomic E-state index is 5.71. The highest BCUT2D eigenvalue weighted by atomic mass is 16.3. The van der Waals surface area contributed by atoms with E-state index in [0.717, 1.165) is 55.9 Å². The van der Waals surface area contributed by atoms with Gasteiger partial charge in [-0.15, -0.1) is 0 Å². The molecule has 0 aliphatic carbocycles. The van der Waals surface area contributed by atoms with Crippen LogP contribution in [0, 0.1) is 0 Å². The van der Waals surface area contributed by atoms with E-state index >= 15 is 0 Å². The molecule has 5 heteroatoms. The molecule has 0 spiro atoms. The molecule has 5 aromatic heterocycles. The molecule has 2 aromatic carbocycles. The second-order valence-corrected chi connectivity index (χ2v) is 8.21. The zero-order chi connectivity index (χ0) is 22.5. The molecule has 7 aromatic rings. The summed E-state index contributed by atoms with van der Waals surface area (Å²) in [6, 6.07) is 30.7. The summed E-state index contributed by atoms with van der Waals surface area (Å²) < 4.78 is 8.00. The minimum absolute atomic E-state index is 0.800. The first-order valence-electron chi connectivity index (χ1n) is 11.1. The quantitative estimate of drug-likeness (QED) is 0.297. The lowest BCUT2D eigenvalue weighted by molar-refractivity contribution is 0.616. The van der Waals surface area contributed by atoms with Crippen molar-refractivity contribution >= 4 is 32.8 Å². The van der Waals surface area contributed by atoms with E-state index < -0.39 is 0 Å². The fourth-order valence-corrected chi connectivity index (χ4v) is 4.64. The Morgan fingerprint density at radius 3 is 2.00 bits per heavy atom. The Labute approximate surface area is 195 Å². The van der Waals surface area contributed by atoms with Crippen LogP contribution in [-0.4, -0.2) is 19.5 Å². The predicted molar refractivity (Wildman–Crippen MR) is 135 cm³/mol. The first-order chi connectivity index (χ1) is 16.8. The van der Waals surface area contributed by atoms with Gasteiger partial charge in [0.15, 0.2) is 0 Å². The molecule has 0 aliphatic heterocycles. The van der Waals surface area contributed by atoms with Crippen molar-refractivity contribution in [2.75, 3.05) is 0 Å². The molecular formula is C29H18N4O. The molecule has 160 valence electrons. The summed E-state index contributed by atoms with van der Waals surface area (Å²) in [5.41, 5.74) is 7.36. The summed E-state index contributed by atoms with van der Waals surface area (Å²) in [4.78, 5) is 14.1. The van der Waals surface area contributed by atoms with Crippen LogP contribution in [-0.2, 0) is 0 Å². The standard InChI is InChI=1S/C29H18N4O/c1-2-10-27-21(7-1)22-18-29-19(11-14-34-29)15-28(22)33(27)20-16-25(23-8-3-5-12-30-23)32-26(17-20)24-9-4-6-13-31-24/h1-18H. The zero-order valence-electron chi connectivity index (χ0n) is 18.1. The molecule has 7 rings (SSSR count). The van der Waals surface area contributed by atoms with Crippen LogP contribution in [0.5, 0.6) is 0 Å². The van der Waals surface area contributed by atoms with Crippen LogP contribution in [0.3, 0.4) is 0 Å². The highest BCUT2D eigenvalue weighted by Crippen LogP contribution is 2.36. The van der Waals surface area contributed by atoms with Gasteiger partial charge in [0.2, 0.25) is 0 Å². The topological polar surface area (TPSA) is 56.7 Å². The molecule has 5 nitrogen and oxygen atoms in total. The van der Waals surface area contributed by atoms with Gasteiger partial charge in [-0.25, -0.2) is 4.98 Å². The molecule has 0 N–H and O–H groups in total. The summed E-state index contributed by atoms with van der Waals surface area (Å²) in [6.45, 7) is 0. The number of benzene rings is 2. The summed E-state index contributed by atoms with van der Waals surface area (Å²) in [5, 5.41) is 3.39. The molecular weight excluding hydrogens is 420 g/mol. The number of rotatable bonds is 3. The second kappa shape index (κ2) is 7.39. The van der Waals surface area contributed by atoms with Gasteiger partial charge in [-0.2, -0.15) is 0 Å². The van der Waals surface area contributed by atoms with Crippen molar-refractivity contribution in [2.45, 2.75) is 0 Å². The van der Waals surface area contributed by atoms with Crippen LogP contribution in [0.15, 0.2) is 114 Å². The third-order valence-corrected chi connectivity index (χ3v) is 6.17. The molecule has 5 heterocycles. The molecule has 0 unspecified atom stereocenters. The van der Waals surface area contributed by atoms with Gasteiger partial charge in [-0.3, -0.25) is 9.97 Å². The highest BCUT2D eigenvalue weighted by molar-refractivity contribution is 6.13. The zero-order valence-corrected chi connectivity index (χ0v) is 18.1. The Hall–Kier alpha value is -4.77. The van der Waals surface area contributed by atoms with Crippen LogP contribution in [0.25, 0.3) is 61.2 Å². The van der Waals surface area contributed by atoms with E-state index in [4.69, 9.17) is 9.40 Å². The molecule has 0 aliphatic rings. The van der Waals surface area contributed by atoms with Crippen molar-refractivity contribution in [3.8, 4) is 28.5 Å². The number of furan rings is 1. The molecule has 0 radical (unpaired) electrons. The molecule has 0 saturated heterocycles. The number of aromatic nitrogens is 4. The van der Waals surface area contributed by atoms with Gasteiger partial charge in [-0.05, 0) is 60.7 Å². The number of fused-ring (bicyclic) bond motifs is 4. The number of hydrogen-bond donors (Lipinski definition) is 0. The van der Waals surface area contributed by atoms with E-state index in [-0.39, 0.29) is 0 Å². The average molecular weight is 438 g/mol. The van der Waals surface area contributed by atoms with Gasteiger partial charge in [-0.1, -0.05) is 30.3 Å². The third kappa shape index (κ3) is 2.91. The predicted octanol–water partition coefficient (Wildman–Crippen LogP) is 7.05. The Kier molecular flexibility index (Phi) is 4.08. The molecule has 0 atom stereocenters. The smallest absolute Gasteiger partial charge is 0.134 e. The number of pyridine rings is 3. The lowest BCUT2D eigenvalue weighted by Gasteiger charge is -2.12. The van der Waals surface area contributed by atoms with Crippen molar-refractivity contribution in [3.05, 3.63) is 110 Å². The van der Waals surface area contributed by atoms with Crippen molar-refractivity contribution in [1.29, 1.82) is 0 Å². The van der Waals surface area contributed by atoms with E-state index in [1.807, 2.05) is 42.5 Å². The summed E-state index contributed by atoms with van der Waals surface area (Å²) >= 11 is 0. The van der Waals surface area contributed by atoms with Crippen LogP contribution in [0.2, 0.25) is 0 Å². The molecule has 0 bridgehead atoms. The second-order valence-electron chi connectivity index (χ2n) is 8.21. The summed E-state index contributed by atoms with van der Waals surface area (Å²) in [5.74, 6) is 0. The Morgan fingerprint density at radius 2 is 1.29 bits per heavy atom. The molecule has 34 heavy (non-hydrogen) atoms. The van der Waals surface area contributed by atoms with Gasteiger partial charge in [0.05, 0.1) is 45.8 Å². The van der Waals surface area contributed by atoms with Gasteiger partial charge in [0.25, 0.3) is 0 Å². The summed E-state index contributed by atoms with van der Waals surface area (Å²) in [6.07, 6.45) is 5.32. The highest BCUT2D eigenvalue weighted by Gasteiger charge is 2.17. The summed E-state index contributed by atoms with van der Waals surface area (Å²) in [7, 11) is 0.